The van der Waals surface area contributed by atoms with E-state index in [2.05, 4.69) is 17.8 Å². The van der Waals surface area contributed by atoms with Crippen LogP contribution in [0.2, 0.25) is 0 Å². The molecule has 6 heteroatoms. The summed E-state index contributed by atoms with van der Waals surface area (Å²) >= 11 is 0. The van der Waals surface area contributed by atoms with Crippen molar-refractivity contribution in [2.45, 2.75) is 56.7 Å². The molecule has 3 atom stereocenters. The van der Waals surface area contributed by atoms with E-state index < -0.39 is 5.60 Å². The van der Waals surface area contributed by atoms with E-state index in [-0.39, 0.29) is 11.9 Å². The fourth-order valence-corrected chi connectivity index (χ4v) is 4.02. The van der Waals surface area contributed by atoms with Gasteiger partial charge in [0.1, 0.15) is 17.4 Å². The third-order valence-corrected chi connectivity index (χ3v) is 5.31. The number of aliphatic hydroxyl groups is 1. The van der Waals surface area contributed by atoms with Crippen LogP contribution in [0.4, 0.5) is 0 Å². The maximum atomic E-state index is 12.9. The van der Waals surface area contributed by atoms with E-state index in [1.807, 2.05) is 24.3 Å². The summed E-state index contributed by atoms with van der Waals surface area (Å²) in [6.07, 6.45) is 4.36. The molecule has 2 aliphatic heterocycles. The first-order chi connectivity index (χ1) is 12.1. The summed E-state index contributed by atoms with van der Waals surface area (Å²) in [5.74, 6) is 0.738. The van der Waals surface area contributed by atoms with Gasteiger partial charge in [-0.05, 0) is 31.7 Å². The van der Waals surface area contributed by atoms with Gasteiger partial charge in [-0.3, -0.25) is 10.2 Å². The molecule has 138 valence electrons. The van der Waals surface area contributed by atoms with Crippen LogP contribution in [0.5, 0.6) is 5.75 Å². The summed E-state index contributed by atoms with van der Waals surface area (Å²) in [4.78, 5) is 14.7. The Morgan fingerprint density at radius 3 is 2.96 bits per heavy atom. The van der Waals surface area contributed by atoms with Crippen LogP contribution in [0.1, 0.15) is 44.6 Å². The predicted octanol–water partition coefficient (Wildman–Crippen LogP) is 1.54. The zero-order chi connectivity index (χ0) is 17.9. The Balaban J connectivity index is 1.71. The van der Waals surface area contributed by atoms with Gasteiger partial charge in [0.2, 0.25) is 5.91 Å². The number of hydrogen-bond donors (Lipinski definition) is 3. The second kappa shape index (κ2) is 7.72. The Hall–Kier alpha value is -1.63. The second-order valence-electron chi connectivity index (χ2n) is 7.16. The molecule has 0 radical (unpaired) electrons. The molecule has 3 N–H and O–H groups in total. The molecule has 2 aliphatic rings. The first-order valence-corrected chi connectivity index (χ1v) is 9.23. The summed E-state index contributed by atoms with van der Waals surface area (Å²) in [6.45, 7) is 3.14. The van der Waals surface area contributed by atoms with Gasteiger partial charge in [-0.25, -0.2) is 5.43 Å². The predicted molar refractivity (Wildman–Crippen MR) is 96.1 cm³/mol. The molecule has 1 aromatic rings. The van der Waals surface area contributed by atoms with Gasteiger partial charge in [0, 0.05) is 18.2 Å². The number of amides is 1. The highest BCUT2D eigenvalue weighted by Gasteiger charge is 2.41. The zero-order valence-corrected chi connectivity index (χ0v) is 15.1. The average molecular weight is 347 g/mol. The van der Waals surface area contributed by atoms with Gasteiger partial charge in [0.15, 0.2) is 0 Å². The number of nitrogens with one attached hydrogen (secondary N) is 2. The van der Waals surface area contributed by atoms with Crippen molar-refractivity contribution in [2.24, 2.45) is 0 Å². The molecule has 3 unspecified atom stereocenters. The third-order valence-electron chi connectivity index (χ3n) is 5.31. The van der Waals surface area contributed by atoms with Gasteiger partial charge in [-0.1, -0.05) is 31.5 Å². The maximum absolute atomic E-state index is 12.9. The van der Waals surface area contributed by atoms with Crippen molar-refractivity contribution in [3.63, 3.8) is 0 Å². The number of para-hydroxylation sites is 1. The van der Waals surface area contributed by atoms with E-state index >= 15 is 0 Å². The number of carbonyl (C=O) groups excluding carboxylic acids is 1. The van der Waals surface area contributed by atoms with Gasteiger partial charge in [-0.2, -0.15) is 0 Å². The van der Waals surface area contributed by atoms with Crippen LogP contribution in [0.15, 0.2) is 24.3 Å². The minimum absolute atomic E-state index is 0.0686. The van der Waals surface area contributed by atoms with E-state index in [0.29, 0.717) is 31.3 Å². The van der Waals surface area contributed by atoms with Crippen LogP contribution in [0, 0.1) is 0 Å². The summed E-state index contributed by atoms with van der Waals surface area (Å²) in [7, 11) is 1.61. The molecule has 0 aliphatic carbocycles. The number of carbonyl (C=O) groups is 1. The first kappa shape index (κ1) is 18.2. The van der Waals surface area contributed by atoms with Crippen LogP contribution in [0.3, 0.4) is 0 Å². The number of likely N-dealkylation sites (tertiary alicyclic amines) is 1. The van der Waals surface area contributed by atoms with Crippen LogP contribution in [-0.4, -0.2) is 48.2 Å². The summed E-state index contributed by atoms with van der Waals surface area (Å²) in [5.41, 5.74) is 6.05. The smallest absolute Gasteiger partial charge is 0.241 e. The van der Waals surface area contributed by atoms with Gasteiger partial charge < -0.3 is 14.7 Å². The van der Waals surface area contributed by atoms with Gasteiger partial charge in [-0.15, -0.1) is 0 Å². The lowest BCUT2D eigenvalue weighted by Gasteiger charge is -2.40. The fourth-order valence-electron chi connectivity index (χ4n) is 4.02. The van der Waals surface area contributed by atoms with E-state index in [1.165, 1.54) is 0 Å². The Kier molecular flexibility index (Phi) is 5.61. The highest BCUT2D eigenvalue weighted by molar-refractivity contribution is 5.82. The lowest BCUT2D eigenvalue weighted by Crippen LogP contribution is -2.53. The molecular weight excluding hydrogens is 318 g/mol. The lowest BCUT2D eigenvalue weighted by molar-refractivity contribution is -0.141. The lowest BCUT2D eigenvalue weighted by atomic mass is 9.85. The number of ether oxygens (including phenoxy) is 1. The minimum atomic E-state index is -1.06. The molecule has 1 amide bonds. The molecule has 2 heterocycles. The van der Waals surface area contributed by atoms with E-state index in [9.17, 15) is 9.90 Å². The molecule has 2 fully saturated rings. The topological polar surface area (TPSA) is 73.8 Å². The largest absolute Gasteiger partial charge is 0.496 e. The minimum Gasteiger partial charge on any atom is -0.496 e. The quantitative estimate of drug-likeness (QED) is 0.753. The number of hydrogen-bond acceptors (Lipinski definition) is 5. The first-order valence-electron chi connectivity index (χ1n) is 9.23. The van der Waals surface area contributed by atoms with Crippen molar-refractivity contribution in [1.29, 1.82) is 0 Å². The molecule has 3 rings (SSSR count). The normalized spacial score (nSPS) is 29.6. The van der Waals surface area contributed by atoms with Crippen LogP contribution < -0.4 is 15.6 Å². The monoisotopic (exact) mass is 347 g/mol. The molecule has 2 saturated heterocycles. The van der Waals surface area contributed by atoms with Gasteiger partial charge >= 0.3 is 0 Å². The van der Waals surface area contributed by atoms with E-state index in [0.717, 1.165) is 31.2 Å². The second-order valence-corrected chi connectivity index (χ2v) is 7.16. The Morgan fingerprint density at radius 2 is 2.20 bits per heavy atom. The summed E-state index contributed by atoms with van der Waals surface area (Å²) < 4.78 is 5.41. The molecule has 0 saturated carbocycles. The van der Waals surface area contributed by atoms with E-state index in [1.54, 1.807) is 12.0 Å². The maximum Gasteiger partial charge on any atom is 0.241 e. The molecule has 0 aromatic heterocycles. The number of nitrogens with zero attached hydrogens (tertiary/aromatic N) is 1. The SMILES string of the molecule is CCCC1CC(C(=O)N2CCCC(O)(c3ccccc3OC)C2)NN1. The van der Waals surface area contributed by atoms with Gasteiger partial charge in [0.05, 0.1) is 13.7 Å². The van der Waals surface area contributed by atoms with Crippen molar-refractivity contribution < 1.29 is 14.6 Å². The number of benzene rings is 1. The molecule has 0 bridgehead atoms. The molecule has 0 spiro atoms. The Morgan fingerprint density at radius 1 is 1.40 bits per heavy atom. The average Bonchev–Trinajstić information content (AvgIpc) is 3.10. The highest BCUT2D eigenvalue weighted by Crippen LogP contribution is 2.37. The van der Waals surface area contributed by atoms with Crippen LogP contribution >= 0.6 is 0 Å². The number of β-amino-alcohol motifs (C(OH)–C–C–N with tert-alkyl or cyclic N) is 1. The molecule has 25 heavy (non-hydrogen) atoms. The van der Waals surface area contributed by atoms with Crippen molar-refractivity contribution in [2.75, 3.05) is 20.2 Å². The highest BCUT2D eigenvalue weighted by atomic mass is 16.5. The number of piperidine rings is 1. The Labute approximate surface area is 149 Å². The number of methoxy groups -OCH3 is 1. The van der Waals surface area contributed by atoms with Crippen LogP contribution in [0.25, 0.3) is 0 Å². The molecule has 1 aromatic carbocycles. The van der Waals surface area contributed by atoms with Crippen molar-refractivity contribution in [1.82, 2.24) is 15.8 Å². The van der Waals surface area contributed by atoms with Crippen molar-refractivity contribution in [3.05, 3.63) is 29.8 Å². The fraction of sp³-hybridized carbons (Fsp3) is 0.632. The van der Waals surface area contributed by atoms with Crippen LogP contribution in [-0.2, 0) is 10.4 Å². The molecule has 6 nitrogen and oxygen atoms in total. The summed E-state index contributed by atoms with van der Waals surface area (Å²) in [6, 6.07) is 7.66. The van der Waals surface area contributed by atoms with Gasteiger partial charge in [0.25, 0.3) is 0 Å². The van der Waals surface area contributed by atoms with Crippen molar-refractivity contribution >= 4 is 5.91 Å². The number of hydrazine groups is 1. The summed E-state index contributed by atoms with van der Waals surface area (Å²) in [5, 5.41) is 11.2. The van der Waals surface area contributed by atoms with Crippen molar-refractivity contribution in [3.8, 4) is 5.75 Å². The standard InChI is InChI=1S/C19H29N3O3/c1-3-7-14-12-16(21-20-14)18(23)22-11-6-10-19(24,13-22)15-8-4-5-9-17(15)25-2/h4-5,8-9,14,16,20-21,24H,3,6-7,10-13H2,1-2H3. The Bertz CT molecular complexity index is 609. The molecular formula is C19H29N3O3. The number of rotatable bonds is 5. The van der Waals surface area contributed by atoms with E-state index in [4.69, 9.17) is 4.74 Å². The zero-order valence-electron chi connectivity index (χ0n) is 15.1. The third kappa shape index (κ3) is 3.81.